The van der Waals surface area contributed by atoms with Gasteiger partial charge in [0, 0.05) is 10.9 Å². The molecule has 0 saturated heterocycles. The second-order valence-electron chi connectivity index (χ2n) is 5.37. The van der Waals surface area contributed by atoms with Gasteiger partial charge in [-0.2, -0.15) is 0 Å². The van der Waals surface area contributed by atoms with E-state index in [1.807, 2.05) is 43.5 Å². The highest BCUT2D eigenvalue weighted by Gasteiger charge is 2.14. The molecule has 1 N–H and O–H groups in total. The van der Waals surface area contributed by atoms with Crippen LogP contribution in [-0.4, -0.2) is 23.5 Å². The van der Waals surface area contributed by atoms with Crippen molar-refractivity contribution in [1.29, 1.82) is 0 Å². The number of aromatic nitrogens is 1. The summed E-state index contributed by atoms with van der Waals surface area (Å²) in [6.45, 7) is 5.41. The molecule has 122 valence electrons. The number of nitrogens with one attached hydrogen (secondary N) is 1. The van der Waals surface area contributed by atoms with Crippen molar-refractivity contribution < 1.29 is 14.3 Å². The number of hydrogen-bond donors (Lipinski definition) is 1. The molecule has 1 heterocycles. The third-order valence-corrected chi connectivity index (χ3v) is 4.22. The number of nitrogens with zero attached hydrogens (tertiary/aromatic N) is 1. The van der Waals surface area contributed by atoms with Gasteiger partial charge in [0.1, 0.15) is 0 Å². The molecule has 0 aliphatic heterocycles. The molecule has 0 aliphatic carbocycles. The summed E-state index contributed by atoms with van der Waals surface area (Å²) in [6, 6.07) is 8.01. The summed E-state index contributed by atoms with van der Waals surface area (Å²) < 4.78 is 4.96. The fourth-order valence-electron chi connectivity index (χ4n) is 1.79. The van der Waals surface area contributed by atoms with Crippen LogP contribution in [-0.2, 0) is 14.3 Å². The van der Waals surface area contributed by atoms with E-state index < -0.39 is 0 Å². The van der Waals surface area contributed by atoms with Gasteiger partial charge in [0.15, 0.2) is 11.7 Å². The third-order valence-electron chi connectivity index (χ3n) is 3.46. The van der Waals surface area contributed by atoms with E-state index in [4.69, 9.17) is 4.74 Å². The van der Waals surface area contributed by atoms with Crippen LogP contribution in [0.3, 0.4) is 0 Å². The molecule has 1 unspecified atom stereocenters. The topological polar surface area (TPSA) is 68.3 Å². The van der Waals surface area contributed by atoms with Crippen LogP contribution < -0.4 is 5.32 Å². The predicted octanol–water partition coefficient (Wildman–Crippen LogP) is 3.65. The van der Waals surface area contributed by atoms with E-state index in [1.54, 1.807) is 6.92 Å². The number of anilines is 1. The first-order chi connectivity index (χ1) is 11.0. The van der Waals surface area contributed by atoms with E-state index >= 15 is 0 Å². The highest BCUT2D eigenvalue weighted by molar-refractivity contribution is 7.14. The molecule has 0 fully saturated rings. The van der Waals surface area contributed by atoms with Gasteiger partial charge < -0.3 is 4.74 Å². The van der Waals surface area contributed by atoms with Crippen molar-refractivity contribution in [3.8, 4) is 11.3 Å². The van der Waals surface area contributed by atoms with Crippen LogP contribution in [0.2, 0.25) is 0 Å². The second kappa shape index (κ2) is 7.87. The molecule has 0 saturated carbocycles. The lowest BCUT2D eigenvalue weighted by atomic mass is 10.1. The molecular weight excluding hydrogens is 312 g/mol. The minimum atomic E-state index is -0.383. The van der Waals surface area contributed by atoms with Gasteiger partial charge in [-0.3, -0.25) is 14.9 Å². The van der Waals surface area contributed by atoms with Crippen molar-refractivity contribution in [1.82, 2.24) is 4.98 Å². The van der Waals surface area contributed by atoms with E-state index in [0.717, 1.165) is 11.3 Å². The van der Waals surface area contributed by atoms with Crippen LogP contribution in [0.5, 0.6) is 0 Å². The Labute approximate surface area is 139 Å². The lowest BCUT2D eigenvalue weighted by molar-refractivity contribution is -0.151. The van der Waals surface area contributed by atoms with E-state index in [9.17, 15) is 9.59 Å². The molecule has 6 heteroatoms. The number of amides is 1. The van der Waals surface area contributed by atoms with E-state index in [2.05, 4.69) is 10.3 Å². The average molecular weight is 332 g/mol. The van der Waals surface area contributed by atoms with Crippen molar-refractivity contribution in [3.05, 3.63) is 35.2 Å². The van der Waals surface area contributed by atoms with Crippen LogP contribution in [0.25, 0.3) is 11.3 Å². The van der Waals surface area contributed by atoms with Crippen LogP contribution in [0, 0.1) is 12.8 Å². The summed E-state index contributed by atoms with van der Waals surface area (Å²) in [5.74, 6) is -0.940. The Morgan fingerprint density at radius 2 is 2.00 bits per heavy atom. The monoisotopic (exact) mass is 332 g/mol. The zero-order valence-electron chi connectivity index (χ0n) is 13.5. The first-order valence-corrected chi connectivity index (χ1v) is 8.36. The second-order valence-corrected chi connectivity index (χ2v) is 6.23. The minimum absolute atomic E-state index is 0.198. The van der Waals surface area contributed by atoms with Crippen LogP contribution in [0.15, 0.2) is 29.6 Å². The fourth-order valence-corrected chi connectivity index (χ4v) is 2.52. The summed E-state index contributed by atoms with van der Waals surface area (Å²) >= 11 is 1.34. The number of ether oxygens (including phenoxy) is 1. The van der Waals surface area contributed by atoms with E-state index in [1.165, 1.54) is 16.9 Å². The maximum absolute atomic E-state index is 11.8. The normalized spacial score (nSPS) is 11.8. The maximum Gasteiger partial charge on any atom is 0.309 e. The molecule has 1 aromatic carbocycles. The van der Waals surface area contributed by atoms with Crippen molar-refractivity contribution in [2.24, 2.45) is 5.92 Å². The van der Waals surface area contributed by atoms with Gasteiger partial charge in [-0.25, -0.2) is 4.98 Å². The number of esters is 1. The van der Waals surface area contributed by atoms with Gasteiger partial charge in [-0.05, 0) is 13.3 Å². The first kappa shape index (κ1) is 17.1. The number of rotatable bonds is 6. The van der Waals surface area contributed by atoms with Crippen LogP contribution >= 0.6 is 11.3 Å². The molecule has 1 atom stereocenters. The Balaban J connectivity index is 1.90. The average Bonchev–Trinajstić information content (AvgIpc) is 3.00. The fraction of sp³-hybridized carbons (Fsp3) is 0.353. The van der Waals surface area contributed by atoms with Crippen molar-refractivity contribution in [2.45, 2.75) is 27.2 Å². The molecule has 0 spiro atoms. The molecule has 0 bridgehead atoms. The zero-order chi connectivity index (χ0) is 16.8. The van der Waals surface area contributed by atoms with Gasteiger partial charge in [-0.15, -0.1) is 11.3 Å². The quantitative estimate of drug-likeness (QED) is 0.820. The molecule has 2 rings (SSSR count). The van der Waals surface area contributed by atoms with Gasteiger partial charge >= 0.3 is 5.97 Å². The standard InChI is InChI=1S/C17H20N2O3S/c1-4-12(3)16(21)22-9-15(20)19-17-18-14(10-23-17)13-7-5-11(2)6-8-13/h5-8,10,12H,4,9H2,1-3H3,(H,18,19,20). The summed E-state index contributed by atoms with van der Waals surface area (Å²) in [4.78, 5) is 27.7. The number of carbonyl (C=O) groups is 2. The third kappa shape index (κ3) is 4.89. The van der Waals surface area contributed by atoms with Gasteiger partial charge in [0.2, 0.25) is 0 Å². The maximum atomic E-state index is 11.8. The smallest absolute Gasteiger partial charge is 0.309 e. The molecule has 1 aromatic heterocycles. The van der Waals surface area contributed by atoms with Gasteiger partial charge in [0.05, 0.1) is 11.6 Å². The Hall–Kier alpha value is -2.21. The largest absolute Gasteiger partial charge is 0.455 e. The number of aryl methyl sites for hydroxylation is 1. The zero-order valence-corrected chi connectivity index (χ0v) is 14.3. The predicted molar refractivity (Wildman–Crippen MR) is 91.3 cm³/mol. The van der Waals surface area contributed by atoms with E-state index in [0.29, 0.717) is 11.6 Å². The Kier molecular flexibility index (Phi) is 5.87. The van der Waals surface area contributed by atoms with Crippen LogP contribution in [0.4, 0.5) is 5.13 Å². The van der Waals surface area contributed by atoms with Crippen molar-refractivity contribution >= 4 is 28.3 Å². The first-order valence-electron chi connectivity index (χ1n) is 7.48. The summed E-state index contributed by atoms with van der Waals surface area (Å²) in [5.41, 5.74) is 2.98. The highest BCUT2D eigenvalue weighted by atomic mass is 32.1. The number of benzene rings is 1. The van der Waals surface area contributed by atoms with Gasteiger partial charge in [-0.1, -0.05) is 43.7 Å². The van der Waals surface area contributed by atoms with E-state index in [-0.39, 0.29) is 24.4 Å². The van der Waals surface area contributed by atoms with Crippen molar-refractivity contribution in [2.75, 3.05) is 11.9 Å². The molecular formula is C17H20N2O3S. The summed E-state index contributed by atoms with van der Waals surface area (Å²) in [6.07, 6.45) is 0.687. The summed E-state index contributed by atoms with van der Waals surface area (Å²) in [7, 11) is 0. The van der Waals surface area contributed by atoms with Gasteiger partial charge in [0.25, 0.3) is 5.91 Å². The lowest BCUT2D eigenvalue weighted by Crippen LogP contribution is -2.23. The molecule has 0 radical (unpaired) electrons. The molecule has 2 aromatic rings. The summed E-state index contributed by atoms with van der Waals surface area (Å²) in [5, 5.41) is 5.02. The lowest BCUT2D eigenvalue weighted by Gasteiger charge is -2.08. The molecule has 5 nitrogen and oxygen atoms in total. The Morgan fingerprint density at radius 3 is 2.65 bits per heavy atom. The minimum Gasteiger partial charge on any atom is -0.455 e. The molecule has 0 aliphatic rings. The Bertz CT molecular complexity index is 679. The van der Waals surface area contributed by atoms with Crippen LogP contribution in [0.1, 0.15) is 25.8 Å². The number of thiazole rings is 1. The Morgan fingerprint density at radius 1 is 1.30 bits per heavy atom. The molecule has 23 heavy (non-hydrogen) atoms. The highest BCUT2D eigenvalue weighted by Crippen LogP contribution is 2.25. The number of hydrogen-bond acceptors (Lipinski definition) is 5. The van der Waals surface area contributed by atoms with Crippen molar-refractivity contribution in [3.63, 3.8) is 0 Å². The number of carbonyl (C=O) groups excluding carboxylic acids is 2. The molecule has 1 amide bonds. The SMILES string of the molecule is CCC(C)C(=O)OCC(=O)Nc1nc(-c2ccc(C)cc2)cs1.